The molecule has 1 saturated heterocycles. The second-order valence-electron chi connectivity index (χ2n) is 12.0. The minimum atomic E-state index is -0.318. The predicted molar refractivity (Wildman–Crippen MR) is 161 cm³/mol. The molecule has 0 spiro atoms. The van der Waals surface area contributed by atoms with Crippen LogP contribution in [0.5, 0.6) is 0 Å². The summed E-state index contributed by atoms with van der Waals surface area (Å²) in [6, 6.07) is 22.5. The van der Waals surface area contributed by atoms with Gasteiger partial charge in [0.05, 0.1) is 11.2 Å². The Labute approximate surface area is 226 Å². The summed E-state index contributed by atoms with van der Waals surface area (Å²) in [5.41, 5.74) is 4.36. The third kappa shape index (κ3) is 7.27. The molecule has 1 aliphatic rings. The van der Waals surface area contributed by atoms with Crippen LogP contribution in [0.25, 0.3) is 21.9 Å². The van der Waals surface area contributed by atoms with Gasteiger partial charge in [-0.15, -0.1) is 0 Å². The molecule has 0 bridgehead atoms. The Balaban J connectivity index is 1.27. The lowest BCUT2D eigenvalue weighted by Gasteiger charge is -2.32. The molecule has 0 atom stereocenters. The van der Waals surface area contributed by atoms with Crippen molar-refractivity contribution >= 4 is 23.4 Å². The van der Waals surface area contributed by atoms with Gasteiger partial charge in [0.25, 0.3) is 0 Å². The van der Waals surface area contributed by atoms with Crippen molar-refractivity contribution in [3.05, 3.63) is 66.2 Å². The number of rotatable bonds is 13. The van der Waals surface area contributed by atoms with Crippen LogP contribution in [0.4, 0.5) is 0 Å². The van der Waals surface area contributed by atoms with Crippen molar-refractivity contribution in [1.29, 1.82) is 0 Å². The van der Waals surface area contributed by atoms with Gasteiger partial charge in [-0.3, -0.25) is 0 Å². The summed E-state index contributed by atoms with van der Waals surface area (Å²) >= 11 is 0. The summed E-state index contributed by atoms with van der Waals surface area (Å²) in [5.74, 6) is 0. The molecule has 198 valence electrons. The lowest BCUT2D eigenvalue weighted by molar-refractivity contribution is 0.00578. The molecule has 3 heteroatoms. The van der Waals surface area contributed by atoms with Gasteiger partial charge in [-0.1, -0.05) is 119 Å². The lowest BCUT2D eigenvalue weighted by atomic mass is 9.78. The quantitative estimate of drug-likeness (QED) is 0.173. The van der Waals surface area contributed by atoms with Crippen LogP contribution in [0, 0.1) is 0 Å². The number of fused-ring (bicyclic) bond motifs is 1. The molecular formula is C34H47BO2. The van der Waals surface area contributed by atoms with Gasteiger partial charge in [-0.25, -0.2) is 0 Å². The van der Waals surface area contributed by atoms with E-state index >= 15 is 0 Å². The Morgan fingerprint density at radius 3 is 1.70 bits per heavy atom. The largest absolute Gasteiger partial charge is 0.494 e. The summed E-state index contributed by atoms with van der Waals surface area (Å²) in [5, 5.41) is 2.64. The number of benzene rings is 3. The number of hydrogen-bond acceptors (Lipinski definition) is 2. The van der Waals surface area contributed by atoms with E-state index in [0.717, 1.165) is 5.46 Å². The Hall–Kier alpha value is -2.10. The first-order valence-electron chi connectivity index (χ1n) is 14.8. The first-order valence-corrected chi connectivity index (χ1v) is 14.8. The minimum Gasteiger partial charge on any atom is -0.399 e. The fraction of sp³-hybridized carbons (Fsp3) is 0.529. The summed E-state index contributed by atoms with van der Waals surface area (Å²) < 4.78 is 12.4. The van der Waals surface area contributed by atoms with E-state index in [1.165, 1.54) is 98.1 Å². The standard InChI is InChI=1S/C34H47BO2/c1-6-7-8-9-10-11-12-13-14-15-16-27-17-18-31-26-30(20-19-29(31)25-27)28-21-23-32(24-22-28)35-36-33(2,3)34(4,5)37-35/h17-26H,6-16H2,1-5H3. The zero-order valence-corrected chi connectivity index (χ0v) is 23.9. The predicted octanol–water partition coefficient (Wildman–Crippen LogP) is 9.27. The van der Waals surface area contributed by atoms with Gasteiger partial charge in [0.1, 0.15) is 0 Å². The van der Waals surface area contributed by atoms with Crippen molar-refractivity contribution in [3.8, 4) is 11.1 Å². The van der Waals surface area contributed by atoms with Crippen LogP contribution in [-0.4, -0.2) is 18.3 Å². The minimum absolute atomic E-state index is 0.315. The highest BCUT2D eigenvalue weighted by Gasteiger charge is 2.51. The van der Waals surface area contributed by atoms with E-state index in [2.05, 4.69) is 95.3 Å². The molecule has 0 amide bonds. The van der Waals surface area contributed by atoms with Gasteiger partial charge in [0.2, 0.25) is 0 Å². The summed E-state index contributed by atoms with van der Waals surface area (Å²) in [7, 11) is -0.315. The average molecular weight is 499 g/mol. The van der Waals surface area contributed by atoms with Crippen molar-refractivity contribution in [2.45, 2.75) is 116 Å². The maximum absolute atomic E-state index is 6.21. The first kappa shape index (κ1) is 27.9. The maximum atomic E-state index is 6.21. The number of unbranched alkanes of at least 4 members (excludes halogenated alkanes) is 9. The van der Waals surface area contributed by atoms with Gasteiger partial charge in [0, 0.05) is 0 Å². The van der Waals surface area contributed by atoms with Crippen LogP contribution in [0.2, 0.25) is 0 Å². The monoisotopic (exact) mass is 498 g/mol. The normalized spacial score (nSPS) is 16.5. The highest BCUT2D eigenvalue weighted by Crippen LogP contribution is 2.36. The van der Waals surface area contributed by atoms with E-state index in [-0.39, 0.29) is 18.3 Å². The van der Waals surface area contributed by atoms with Crippen LogP contribution >= 0.6 is 0 Å². The Morgan fingerprint density at radius 2 is 1.08 bits per heavy atom. The Kier molecular flexibility index (Phi) is 9.54. The van der Waals surface area contributed by atoms with Crippen LogP contribution in [0.15, 0.2) is 60.7 Å². The van der Waals surface area contributed by atoms with E-state index in [1.807, 2.05) is 0 Å². The van der Waals surface area contributed by atoms with Crippen LogP contribution < -0.4 is 5.46 Å². The molecule has 4 rings (SSSR count). The molecule has 0 unspecified atom stereocenters. The molecule has 3 aromatic carbocycles. The Bertz CT molecular complexity index is 1120. The van der Waals surface area contributed by atoms with Gasteiger partial charge < -0.3 is 9.31 Å². The number of hydrogen-bond donors (Lipinski definition) is 0. The van der Waals surface area contributed by atoms with Gasteiger partial charge >= 0.3 is 7.12 Å². The zero-order chi connectivity index (χ0) is 26.3. The molecule has 0 radical (unpaired) electrons. The smallest absolute Gasteiger partial charge is 0.399 e. The average Bonchev–Trinajstić information content (AvgIpc) is 3.11. The molecule has 2 nitrogen and oxygen atoms in total. The SMILES string of the molecule is CCCCCCCCCCCCc1ccc2cc(-c3ccc(B4OC(C)(C)C(C)(C)O4)cc3)ccc2c1. The molecule has 0 aromatic heterocycles. The third-order valence-corrected chi connectivity index (χ3v) is 8.49. The van der Waals surface area contributed by atoms with Crippen molar-refractivity contribution in [1.82, 2.24) is 0 Å². The Morgan fingerprint density at radius 1 is 0.568 bits per heavy atom. The molecule has 3 aromatic rings. The summed E-state index contributed by atoms with van der Waals surface area (Å²) in [6.45, 7) is 10.7. The number of aryl methyl sites for hydroxylation is 1. The second kappa shape index (κ2) is 12.6. The fourth-order valence-electron chi connectivity index (χ4n) is 5.26. The molecule has 1 fully saturated rings. The zero-order valence-electron chi connectivity index (χ0n) is 23.9. The molecule has 1 aliphatic heterocycles. The maximum Gasteiger partial charge on any atom is 0.494 e. The van der Waals surface area contributed by atoms with Crippen molar-refractivity contribution in [2.24, 2.45) is 0 Å². The highest BCUT2D eigenvalue weighted by atomic mass is 16.7. The lowest BCUT2D eigenvalue weighted by Crippen LogP contribution is -2.41. The van der Waals surface area contributed by atoms with E-state index in [4.69, 9.17) is 9.31 Å². The molecular weight excluding hydrogens is 451 g/mol. The van der Waals surface area contributed by atoms with Crippen LogP contribution in [0.3, 0.4) is 0 Å². The van der Waals surface area contributed by atoms with E-state index in [0.29, 0.717) is 0 Å². The van der Waals surface area contributed by atoms with Crippen LogP contribution in [0.1, 0.15) is 104 Å². The molecule has 37 heavy (non-hydrogen) atoms. The van der Waals surface area contributed by atoms with Gasteiger partial charge in [-0.05, 0) is 79.5 Å². The topological polar surface area (TPSA) is 18.5 Å². The molecule has 0 saturated carbocycles. The van der Waals surface area contributed by atoms with Crippen molar-refractivity contribution in [2.75, 3.05) is 0 Å². The molecule has 0 aliphatic carbocycles. The van der Waals surface area contributed by atoms with E-state index < -0.39 is 0 Å². The van der Waals surface area contributed by atoms with Gasteiger partial charge in [0.15, 0.2) is 0 Å². The molecule has 0 N–H and O–H groups in total. The van der Waals surface area contributed by atoms with E-state index in [9.17, 15) is 0 Å². The first-order chi connectivity index (χ1) is 17.8. The fourth-order valence-corrected chi connectivity index (χ4v) is 5.26. The summed E-state index contributed by atoms with van der Waals surface area (Å²) in [6.07, 6.45) is 15.1. The second-order valence-corrected chi connectivity index (χ2v) is 12.0. The van der Waals surface area contributed by atoms with E-state index in [1.54, 1.807) is 0 Å². The highest BCUT2D eigenvalue weighted by molar-refractivity contribution is 6.62. The van der Waals surface area contributed by atoms with Crippen molar-refractivity contribution < 1.29 is 9.31 Å². The van der Waals surface area contributed by atoms with Crippen molar-refractivity contribution in [3.63, 3.8) is 0 Å². The third-order valence-electron chi connectivity index (χ3n) is 8.49. The van der Waals surface area contributed by atoms with Gasteiger partial charge in [-0.2, -0.15) is 0 Å². The molecule has 1 heterocycles. The summed E-state index contributed by atoms with van der Waals surface area (Å²) in [4.78, 5) is 0. The van der Waals surface area contributed by atoms with Crippen LogP contribution in [-0.2, 0) is 15.7 Å².